The predicted octanol–water partition coefficient (Wildman–Crippen LogP) is 1.12. The number of halogens is 1. The molecule has 1 aliphatic rings. The number of nitrogen functional groups attached to an aromatic ring is 1. The van der Waals surface area contributed by atoms with Gasteiger partial charge < -0.3 is 20.1 Å². The van der Waals surface area contributed by atoms with E-state index in [1.807, 2.05) is 7.05 Å². The van der Waals surface area contributed by atoms with E-state index in [1.165, 1.54) is 12.1 Å². The van der Waals surface area contributed by atoms with E-state index < -0.39 is 5.82 Å². The number of morpholine rings is 1. The number of nitrogens with zero attached hydrogens (tertiary/aromatic N) is 1. The minimum Gasteiger partial charge on any atom is -0.491 e. The first-order chi connectivity index (χ1) is 8.15. The van der Waals surface area contributed by atoms with Gasteiger partial charge in [0.05, 0.1) is 12.3 Å². The number of hydrogen-bond acceptors (Lipinski definition) is 4. The topological polar surface area (TPSA) is 47.7 Å². The van der Waals surface area contributed by atoms with E-state index in [0.717, 1.165) is 13.1 Å². The van der Waals surface area contributed by atoms with E-state index in [1.54, 1.807) is 6.07 Å². The van der Waals surface area contributed by atoms with Crippen LogP contribution in [0.5, 0.6) is 5.75 Å². The summed E-state index contributed by atoms with van der Waals surface area (Å²) in [4.78, 5) is 2.18. The summed E-state index contributed by atoms with van der Waals surface area (Å²) >= 11 is 0. The highest BCUT2D eigenvalue weighted by molar-refractivity contribution is 5.43. The second kappa shape index (κ2) is 5.33. The standard InChI is InChI=1S/C12H17FN2O2/c1-15-4-5-16-10(7-15)8-17-9-2-3-12(14)11(13)6-9/h2-3,6,10H,4-5,7-8,14H2,1H3. The second-order valence-corrected chi connectivity index (χ2v) is 4.25. The van der Waals surface area contributed by atoms with Crippen molar-refractivity contribution in [3.63, 3.8) is 0 Å². The SMILES string of the molecule is CN1CCOC(COc2ccc(N)c(F)c2)C1. The van der Waals surface area contributed by atoms with Gasteiger partial charge in [-0.25, -0.2) is 4.39 Å². The molecule has 0 amide bonds. The van der Waals surface area contributed by atoms with Crippen LogP contribution in [0, 0.1) is 5.82 Å². The highest BCUT2D eigenvalue weighted by Gasteiger charge is 2.18. The number of benzene rings is 1. The third-order valence-corrected chi connectivity index (χ3v) is 2.75. The average Bonchev–Trinajstić information content (AvgIpc) is 2.31. The molecule has 0 aliphatic carbocycles. The van der Waals surface area contributed by atoms with Gasteiger partial charge in [-0.2, -0.15) is 0 Å². The first-order valence-electron chi connectivity index (χ1n) is 5.63. The fourth-order valence-corrected chi connectivity index (χ4v) is 1.75. The van der Waals surface area contributed by atoms with Crippen LogP contribution < -0.4 is 10.5 Å². The van der Waals surface area contributed by atoms with Crippen molar-refractivity contribution in [1.29, 1.82) is 0 Å². The quantitative estimate of drug-likeness (QED) is 0.804. The number of ether oxygens (including phenoxy) is 2. The molecule has 94 valence electrons. The summed E-state index contributed by atoms with van der Waals surface area (Å²) in [6.07, 6.45) is 0.0364. The summed E-state index contributed by atoms with van der Waals surface area (Å²) < 4.78 is 24.2. The third-order valence-electron chi connectivity index (χ3n) is 2.75. The zero-order chi connectivity index (χ0) is 12.3. The Hall–Kier alpha value is -1.33. The summed E-state index contributed by atoms with van der Waals surface area (Å²) in [6.45, 7) is 2.90. The van der Waals surface area contributed by atoms with Gasteiger partial charge in [-0.15, -0.1) is 0 Å². The number of hydrogen-bond donors (Lipinski definition) is 1. The Labute approximate surface area is 100 Å². The summed E-state index contributed by atoms with van der Waals surface area (Å²) in [5.41, 5.74) is 5.51. The first-order valence-corrected chi connectivity index (χ1v) is 5.63. The molecule has 0 saturated carbocycles. The molecule has 1 unspecified atom stereocenters. The third kappa shape index (κ3) is 3.31. The smallest absolute Gasteiger partial charge is 0.149 e. The zero-order valence-corrected chi connectivity index (χ0v) is 9.86. The maximum absolute atomic E-state index is 13.2. The largest absolute Gasteiger partial charge is 0.491 e. The van der Waals surface area contributed by atoms with Crippen molar-refractivity contribution in [3.8, 4) is 5.75 Å². The second-order valence-electron chi connectivity index (χ2n) is 4.25. The van der Waals surface area contributed by atoms with E-state index in [9.17, 15) is 4.39 Å². The zero-order valence-electron chi connectivity index (χ0n) is 9.86. The van der Waals surface area contributed by atoms with Gasteiger partial charge in [0.1, 0.15) is 24.3 Å². The number of nitrogens with two attached hydrogens (primary N) is 1. The van der Waals surface area contributed by atoms with Crippen LogP contribution in [0.1, 0.15) is 0 Å². The lowest BCUT2D eigenvalue weighted by Gasteiger charge is -2.29. The van der Waals surface area contributed by atoms with Crippen molar-refractivity contribution in [1.82, 2.24) is 4.90 Å². The molecular weight excluding hydrogens is 223 g/mol. The molecule has 0 aromatic heterocycles. The van der Waals surface area contributed by atoms with Crippen molar-refractivity contribution in [2.24, 2.45) is 0 Å². The van der Waals surface area contributed by atoms with Gasteiger partial charge in [0.15, 0.2) is 0 Å². The Morgan fingerprint density at radius 3 is 3.12 bits per heavy atom. The lowest BCUT2D eigenvalue weighted by atomic mass is 10.3. The van der Waals surface area contributed by atoms with E-state index in [-0.39, 0.29) is 11.8 Å². The Morgan fingerprint density at radius 2 is 2.41 bits per heavy atom. The molecule has 1 aromatic rings. The van der Waals surface area contributed by atoms with Gasteiger partial charge in [0.25, 0.3) is 0 Å². The molecule has 0 bridgehead atoms. The van der Waals surface area contributed by atoms with Gasteiger partial charge in [-0.05, 0) is 19.2 Å². The van der Waals surface area contributed by atoms with E-state index >= 15 is 0 Å². The molecule has 1 aromatic carbocycles. The van der Waals surface area contributed by atoms with Crippen LogP contribution >= 0.6 is 0 Å². The number of likely N-dealkylation sites (N-methyl/N-ethyl adjacent to an activating group) is 1. The molecular formula is C12H17FN2O2. The van der Waals surface area contributed by atoms with Gasteiger partial charge in [-0.1, -0.05) is 0 Å². The minimum atomic E-state index is -0.454. The van der Waals surface area contributed by atoms with Crippen LogP contribution in [0.15, 0.2) is 18.2 Å². The van der Waals surface area contributed by atoms with Gasteiger partial charge in [0.2, 0.25) is 0 Å². The van der Waals surface area contributed by atoms with Crippen molar-refractivity contribution < 1.29 is 13.9 Å². The Bertz CT molecular complexity index is 387. The lowest BCUT2D eigenvalue weighted by molar-refractivity contribution is -0.0403. The Kier molecular flexibility index (Phi) is 3.81. The molecule has 5 heteroatoms. The molecule has 2 rings (SSSR count). The fraction of sp³-hybridized carbons (Fsp3) is 0.500. The van der Waals surface area contributed by atoms with Crippen molar-refractivity contribution in [2.75, 3.05) is 39.1 Å². The molecule has 4 nitrogen and oxygen atoms in total. The normalized spacial score (nSPS) is 21.4. The molecule has 1 atom stereocenters. The van der Waals surface area contributed by atoms with Crippen LogP contribution in [0.3, 0.4) is 0 Å². The predicted molar refractivity (Wildman–Crippen MR) is 63.5 cm³/mol. The lowest BCUT2D eigenvalue weighted by Crippen LogP contribution is -2.42. The van der Waals surface area contributed by atoms with E-state index in [4.69, 9.17) is 15.2 Å². The van der Waals surface area contributed by atoms with Crippen LogP contribution in [-0.4, -0.2) is 44.4 Å². The summed E-state index contributed by atoms with van der Waals surface area (Å²) in [5.74, 6) is 0.0257. The maximum atomic E-state index is 13.2. The molecule has 17 heavy (non-hydrogen) atoms. The molecule has 1 heterocycles. The first kappa shape index (κ1) is 12.1. The summed E-state index contributed by atoms with van der Waals surface area (Å²) in [7, 11) is 2.04. The molecule has 2 N–H and O–H groups in total. The van der Waals surface area contributed by atoms with Crippen LogP contribution in [0.4, 0.5) is 10.1 Å². The Balaban J connectivity index is 1.86. The van der Waals surface area contributed by atoms with Gasteiger partial charge in [0, 0.05) is 19.2 Å². The van der Waals surface area contributed by atoms with Crippen LogP contribution in [0.25, 0.3) is 0 Å². The highest BCUT2D eigenvalue weighted by Crippen LogP contribution is 2.18. The molecule has 1 aliphatic heterocycles. The fourth-order valence-electron chi connectivity index (χ4n) is 1.75. The number of rotatable bonds is 3. The van der Waals surface area contributed by atoms with E-state index in [2.05, 4.69) is 4.90 Å². The summed E-state index contributed by atoms with van der Waals surface area (Å²) in [5, 5.41) is 0. The summed E-state index contributed by atoms with van der Waals surface area (Å²) in [6, 6.07) is 4.45. The van der Waals surface area contributed by atoms with Crippen molar-refractivity contribution in [3.05, 3.63) is 24.0 Å². The minimum absolute atomic E-state index is 0.0364. The van der Waals surface area contributed by atoms with Gasteiger partial charge >= 0.3 is 0 Å². The Morgan fingerprint density at radius 1 is 1.59 bits per heavy atom. The van der Waals surface area contributed by atoms with Crippen molar-refractivity contribution in [2.45, 2.75) is 6.10 Å². The molecule has 0 spiro atoms. The van der Waals surface area contributed by atoms with Crippen molar-refractivity contribution >= 4 is 5.69 Å². The van der Waals surface area contributed by atoms with Gasteiger partial charge in [-0.3, -0.25) is 0 Å². The average molecular weight is 240 g/mol. The van der Waals surface area contributed by atoms with Crippen LogP contribution in [-0.2, 0) is 4.74 Å². The molecule has 1 saturated heterocycles. The molecule has 0 radical (unpaired) electrons. The maximum Gasteiger partial charge on any atom is 0.149 e. The molecule has 1 fully saturated rings. The highest BCUT2D eigenvalue weighted by atomic mass is 19.1. The number of anilines is 1. The van der Waals surface area contributed by atoms with E-state index in [0.29, 0.717) is 19.0 Å². The monoisotopic (exact) mass is 240 g/mol. The van der Waals surface area contributed by atoms with Crippen LogP contribution in [0.2, 0.25) is 0 Å².